The summed E-state index contributed by atoms with van der Waals surface area (Å²) in [6.45, 7) is 9.08. The quantitative estimate of drug-likeness (QED) is 0.746. The van der Waals surface area contributed by atoms with Gasteiger partial charge < -0.3 is 4.74 Å². The smallest absolute Gasteiger partial charge is 0.123 e. The van der Waals surface area contributed by atoms with E-state index < -0.39 is 0 Å². The maximum absolute atomic E-state index is 6.13. The summed E-state index contributed by atoms with van der Waals surface area (Å²) < 4.78 is 6.13. The number of hydrogen-bond donors (Lipinski definition) is 0. The first-order valence-corrected chi connectivity index (χ1v) is 7.64. The molecular formula is C20H22O. The lowest BCUT2D eigenvalue weighted by molar-refractivity contribution is 0.301. The second-order valence-corrected chi connectivity index (χ2v) is 5.96. The SMILES string of the molecule is C=C1CCCc2c(OCc3cc(C)ccc3C)cccc21. The highest BCUT2D eigenvalue weighted by Gasteiger charge is 2.16. The van der Waals surface area contributed by atoms with Crippen LogP contribution < -0.4 is 4.74 Å². The fourth-order valence-electron chi connectivity index (χ4n) is 3.01. The first kappa shape index (κ1) is 13.9. The third kappa shape index (κ3) is 2.87. The Morgan fingerprint density at radius 2 is 1.95 bits per heavy atom. The third-order valence-corrected chi connectivity index (χ3v) is 4.31. The molecule has 1 heteroatoms. The van der Waals surface area contributed by atoms with Crippen LogP contribution >= 0.6 is 0 Å². The molecule has 1 aliphatic carbocycles. The Morgan fingerprint density at radius 1 is 1.10 bits per heavy atom. The van der Waals surface area contributed by atoms with Gasteiger partial charge in [-0.1, -0.05) is 42.5 Å². The average Bonchev–Trinajstić information content (AvgIpc) is 2.49. The molecule has 0 heterocycles. The normalized spacial score (nSPS) is 13.9. The molecule has 1 aliphatic rings. The number of fused-ring (bicyclic) bond motifs is 1. The second kappa shape index (κ2) is 5.77. The Hall–Kier alpha value is -2.02. The minimum absolute atomic E-state index is 0.635. The molecule has 0 aliphatic heterocycles. The van der Waals surface area contributed by atoms with E-state index in [0.29, 0.717) is 6.61 Å². The van der Waals surface area contributed by atoms with E-state index in [1.165, 1.54) is 39.8 Å². The van der Waals surface area contributed by atoms with E-state index in [2.05, 4.69) is 56.8 Å². The van der Waals surface area contributed by atoms with Crippen LogP contribution in [-0.4, -0.2) is 0 Å². The predicted molar refractivity (Wildman–Crippen MR) is 88.7 cm³/mol. The van der Waals surface area contributed by atoms with E-state index in [-0.39, 0.29) is 0 Å². The number of ether oxygens (including phenoxy) is 1. The Bertz CT molecular complexity index is 682. The second-order valence-electron chi connectivity index (χ2n) is 5.96. The lowest BCUT2D eigenvalue weighted by Gasteiger charge is -2.21. The molecule has 0 amide bonds. The van der Waals surface area contributed by atoms with Gasteiger partial charge in [0.2, 0.25) is 0 Å². The van der Waals surface area contributed by atoms with Gasteiger partial charge in [0.05, 0.1) is 0 Å². The maximum Gasteiger partial charge on any atom is 0.123 e. The number of allylic oxidation sites excluding steroid dienone is 1. The van der Waals surface area contributed by atoms with Crippen LogP contribution in [0.2, 0.25) is 0 Å². The molecule has 0 radical (unpaired) electrons. The van der Waals surface area contributed by atoms with Crippen LogP contribution in [0.25, 0.3) is 5.57 Å². The highest BCUT2D eigenvalue weighted by Crippen LogP contribution is 2.35. The molecule has 2 aromatic rings. The molecule has 2 aromatic carbocycles. The highest BCUT2D eigenvalue weighted by molar-refractivity contribution is 5.70. The minimum Gasteiger partial charge on any atom is -0.489 e. The molecule has 0 saturated carbocycles. The summed E-state index contributed by atoms with van der Waals surface area (Å²) in [5, 5.41) is 0. The summed E-state index contributed by atoms with van der Waals surface area (Å²) in [4.78, 5) is 0. The summed E-state index contributed by atoms with van der Waals surface area (Å²) in [5.41, 5.74) is 7.70. The van der Waals surface area contributed by atoms with Crippen molar-refractivity contribution in [2.24, 2.45) is 0 Å². The predicted octanol–water partition coefficient (Wildman–Crippen LogP) is 5.23. The van der Waals surface area contributed by atoms with Crippen molar-refractivity contribution >= 4 is 5.57 Å². The van der Waals surface area contributed by atoms with Gasteiger partial charge in [-0.15, -0.1) is 0 Å². The van der Waals surface area contributed by atoms with E-state index in [4.69, 9.17) is 4.74 Å². The van der Waals surface area contributed by atoms with Crippen LogP contribution in [-0.2, 0) is 13.0 Å². The Balaban J connectivity index is 1.84. The van der Waals surface area contributed by atoms with Gasteiger partial charge >= 0.3 is 0 Å². The summed E-state index contributed by atoms with van der Waals surface area (Å²) >= 11 is 0. The summed E-state index contributed by atoms with van der Waals surface area (Å²) in [6.07, 6.45) is 3.38. The number of benzene rings is 2. The molecule has 0 bridgehead atoms. The van der Waals surface area contributed by atoms with E-state index in [9.17, 15) is 0 Å². The molecule has 108 valence electrons. The molecule has 0 unspecified atom stereocenters. The monoisotopic (exact) mass is 278 g/mol. The van der Waals surface area contributed by atoms with Crippen molar-refractivity contribution in [3.8, 4) is 5.75 Å². The van der Waals surface area contributed by atoms with Gasteiger partial charge in [-0.3, -0.25) is 0 Å². The van der Waals surface area contributed by atoms with Crippen molar-refractivity contribution < 1.29 is 4.74 Å². The first-order valence-electron chi connectivity index (χ1n) is 7.64. The lowest BCUT2D eigenvalue weighted by Crippen LogP contribution is -2.06. The molecule has 3 rings (SSSR count). The van der Waals surface area contributed by atoms with Crippen molar-refractivity contribution in [3.05, 3.63) is 70.8 Å². The Kier molecular flexibility index (Phi) is 3.83. The van der Waals surface area contributed by atoms with Gasteiger partial charge in [-0.2, -0.15) is 0 Å². The zero-order chi connectivity index (χ0) is 14.8. The van der Waals surface area contributed by atoms with Crippen LogP contribution in [0.1, 0.15) is 40.7 Å². The van der Waals surface area contributed by atoms with Crippen molar-refractivity contribution in [1.82, 2.24) is 0 Å². The first-order chi connectivity index (χ1) is 10.1. The number of hydrogen-bond acceptors (Lipinski definition) is 1. The van der Waals surface area contributed by atoms with Crippen LogP contribution in [0, 0.1) is 13.8 Å². The summed E-state index contributed by atoms with van der Waals surface area (Å²) in [6, 6.07) is 12.9. The molecule has 1 nitrogen and oxygen atoms in total. The average molecular weight is 278 g/mol. The molecule has 0 saturated heterocycles. The number of rotatable bonds is 3. The minimum atomic E-state index is 0.635. The van der Waals surface area contributed by atoms with Crippen molar-refractivity contribution in [2.75, 3.05) is 0 Å². The fraction of sp³-hybridized carbons (Fsp3) is 0.300. The molecule has 21 heavy (non-hydrogen) atoms. The van der Waals surface area contributed by atoms with Crippen LogP contribution in [0.5, 0.6) is 5.75 Å². The topological polar surface area (TPSA) is 9.23 Å². The number of aryl methyl sites for hydroxylation is 2. The van der Waals surface area contributed by atoms with Crippen LogP contribution in [0.15, 0.2) is 43.0 Å². The van der Waals surface area contributed by atoms with Crippen molar-refractivity contribution in [3.63, 3.8) is 0 Å². The van der Waals surface area contributed by atoms with Gasteiger partial charge in [0.1, 0.15) is 12.4 Å². The van der Waals surface area contributed by atoms with Crippen LogP contribution in [0.4, 0.5) is 0 Å². The zero-order valence-corrected chi connectivity index (χ0v) is 12.9. The molecule has 0 aromatic heterocycles. The molecular weight excluding hydrogens is 256 g/mol. The standard InChI is InChI=1S/C20H22O/c1-14-10-11-15(2)17(12-14)13-21-20-9-5-7-18-16(3)6-4-8-19(18)20/h5,7,9-12H,3-4,6,8,13H2,1-2H3. The van der Waals surface area contributed by atoms with Gasteiger partial charge in [-0.25, -0.2) is 0 Å². The van der Waals surface area contributed by atoms with Crippen LogP contribution in [0.3, 0.4) is 0 Å². The van der Waals surface area contributed by atoms with Gasteiger partial charge in [0.25, 0.3) is 0 Å². The van der Waals surface area contributed by atoms with Crippen molar-refractivity contribution in [1.29, 1.82) is 0 Å². The third-order valence-electron chi connectivity index (χ3n) is 4.31. The largest absolute Gasteiger partial charge is 0.489 e. The molecule has 0 fully saturated rings. The summed E-state index contributed by atoms with van der Waals surface area (Å²) in [7, 11) is 0. The van der Waals surface area contributed by atoms with Gasteiger partial charge in [0, 0.05) is 5.56 Å². The van der Waals surface area contributed by atoms with E-state index in [0.717, 1.165) is 18.6 Å². The van der Waals surface area contributed by atoms with Gasteiger partial charge in [0.15, 0.2) is 0 Å². The van der Waals surface area contributed by atoms with E-state index in [1.54, 1.807) is 0 Å². The van der Waals surface area contributed by atoms with E-state index >= 15 is 0 Å². The van der Waals surface area contributed by atoms with Crippen molar-refractivity contribution in [2.45, 2.75) is 39.7 Å². The van der Waals surface area contributed by atoms with E-state index in [1.807, 2.05) is 0 Å². The Labute approximate surface area is 127 Å². The molecule has 0 atom stereocenters. The molecule has 0 spiro atoms. The Morgan fingerprint density at radius 3 is 2.81 bits per heavy atom. The maximum atomic E-state index is 6.13. The fourth-order valence-corrected chi connectivity index (χ4v) is 3.01. The summed E-state index contributed by atoms with van der Waals surface area (Å²) in [5.74, 6) is 1.02. The lowest BCUT2D eigenvalue weighted by atomic mass is 9.88. The van der Waals surface area contributed by atoms with Gasteiger partial charge in [-0.05, 0) is 61.4 Å². The zero-order valence-electron chi connectivity index (χ0n) is 12.9. The molecule has 0 N–H and O–H groups in total. The highest BCUT2D eigenvalue weighted by atomic mass is 16.5.